The summed E-state index contributed by atoms with van der Waals surface area (Å²) in [5.41, 5.74) is 2.25. The van der Waals surface area contributed by atoms with Crippen LogP contribution in [0.2, 0.25) is 0 Å². The lowest BCUT2D eigenvalue weighted by Gasteiger charge is -2.39. The van der Waals surface area contributed by atoms with Crippen molar-refractivity contribution in [3.63, 3.8) is 0 Å². The van der Waals surface area contributed by atoms with Gasteiger partial charge in [-0.3, -0.25) is 9.69 Å². The molecule has 1 unspecified atom stereocenters. The standard InChI is InChI=1S/C26H24BrN3O3S/c27-22-11-5-7-13-24(22)34(32,33)26(21-18-28-23-12-6-4-10-20(21)23)30-16-14-29(15-17-30)25(31)19-8-2-1-3-9-19/h1-13,18,26,28H,14-17H2. The van der Waals surface area contributed by atoms with Gasteiger partial charge in [-0.25, -0.2) is 8.42 Å². The number of hydrogen-bond donors (Lipinski definition) is 1. The number of halogens is 1. The van der Waals surface area contributed by atoms with E-state index in [2.05, 4.69) is 20.9 Å². The van der Waals surface area contributed by atoms with Crippen molar-refractivity contribution >= 4 is 42.6 Å². The predicted molar refractivity (Wildman–Crippen MR) is 136 cm³/mol. The minimum atomic E-state index is -3.78. The Morgan fingerprint density at radius 3 is 2.24 bits per heavy atom. The number of amides is 1. The molecule has 2 heterocycles. The molecular weight excluding hydrogens is 514 g/mol. The third-order valence-electron chi connectivity index (χ3n) is 6.28. The lowest BCUT2D eigenvalue weighted by Crippen LogP contribution is -2.51. The van der Waals surface area contributed by atoms with Gasteiger partial charge in [0.05, 0.1) is 4.90 Å². The summed E-state index contributed by atoms with van der Waals surface area (Å²) < 4.78 is 28.7. The Kier molecular flexibility index (Phi) is 6.29. The summed E-state index contributed by atoms with van der Waals surface area (Å²) in [6, 6.07) is 23.8. The van der Waals surface area contributed by atoms with Crippen LogP contribution in [0.5, 0.6) is 0 Å². The summed E-state index contributed by atoms with van der Waals surface area (Å²) in [5.74, 6) is -0.0300. The molecule has 3 aromatic carbocycles. The Balaban J connectivity index is 1.50. The predicted octanol–water partition coefficient (Wildman–Crippen LogP) is 4.86. The Labute approximate surface area is 207 Å². The number of aromatic amines is 1. The topological polar surface area (TPSA) is 73.5 Å². The van der Waals surface area contributed by atoms with Gasteiger partial charge >= 0.3 is 0 Å². The first-order chi connectivity index (χ1) is 16.5. The van der Waals surface area contributed by atoms with Crippen molar-refractivity contribution in [1.29, 1.82) is 0 Å². The highest BCUT2D eigenvalue weighted by atomic mass is 79.9. The minimum absolute atomic E-state index is 0.0300. The highest BCUT2D eigenvalue weighted by Gasteiger charge is 2.39. The van der Waals surface area contributed by atoms with E-state index >= 15 is 0 Å². The van der Waals surface area contributed by atoms with E-state index in [1.165, 1.54) is 0 Å². The summed E-state index contributed by atoms with van der Waals surface area (Å²) in [4.78, 5) is 20.2. The number of H-pyrrole nitrogens is 1. The average molecular weight is 538 g/mol. The molecule has 6 nitrogen and oxygen atoms in total. The molecule has 1 atom stereocenters. The first-order valence-corrected chi connectivity index (χ1v) is 13.4. The fraction of sp³-hybridized carbons (Fsp3) is 0.192. The minimum Gasteiger partial charge on any atom is -0.361 e. The number of para-hydroxylation sites is 1. The fourth-order valence-corrected chi connectivity index (χ4v) is 7.52. The number of nitrogens with one attached hydrogen (secondary N) is 1. The lowest BCUT2D eigenvalue weighted by atomic mass is 10.1. The molecule has 1 fully saturated rings. The van der Waals surface area contributed by atoms with Crippen LogP contribution in [0.1, 0.15) is 21.3 Å². The third-order valence-corrected chi connectivity index (χ3v) is 9.34. The molecule has 4 aromatic rings. The molecule has 8 heteroatoms. The van der Waals surface area contributed by atoms with Crippen LogP contribution in [0, 0.1) is 0 Å². The third kappa shape index (κ3) is 4.17. The van der Waals surface area contributed by atoms with E-state index in [4.69, 9.17) is 0 Å². The molecule has 174 valence electrons. The van der Waals surface area contributed by atoms with Crippen molar-refractivity contribution in [3.8, 4) is 0 Å². The quantitative estimate of drug-likeness (QED) is 0.394. The number of carbonyl (C=O) groups is 1. The number of nitrogens with zero attached hydrogens (tertiary/aromatic N) is 2. The number of hydrogen-bond acceptors (Lipinski definition) is 4. The zero-order chi connectivity index (χ0) is 23.7. The lowest BCUT2D eigenvalue weighted by molar-refractivity contribution is 0.0620. The Hall–Kier alpha value is -2.94. The molecule has 1 aliphatic heterocycles. The van der Waals surface area contributed by atoms with Gasteiger partial charge in [0.2, 0.25) is 0 Å². The molecule has 0 bridgehead atoms. The van der Waals surface area contributed by atoms with Crippen molar-refractivity contribution in [2.75, 3.05) is 26.2 Å². The first kappa shape index (κ1) is 22.8. The van der Waals surface area contributed by atoms with E-state index in [1.54, 1.807) is 47.5 Å². The van der Waals surface area contributed by atoms with E-state index < -0.39 is 15.2 Å². The van der Waals surface area contributed by atoms with Gasteiger partial charge in [0, 0.05) is 58.9 Å². The SMILES string of the molecule is O=C(c1ccccc1)N1CCN(C(c2c[nH]c3ccccc23)S(=O)(=O)c2ccccc2Br)CC1. The molecule has 1 aromatic heterocycles. The number of benzene rings is 3. The maximum atomic E-state index is 14.1. The van der Waals surface area contributed by atoms with Crippen molar-refractivity contribution in [2.24, 2.45) is 0 Å². The van der Waals surface area contributed by atoms with E-state index in [1.807, 2.05) is 47.4 Å². The molecule has 1 aliphatic rings. The van der Waals surface area contributed by atoms with Crippen molar-refractivity contribution < 1.29 is 13.2 Å². The van der Waals surface area contributed by atoms with Crippen molar-refractivity contribution in [2.45, 2.75) is 10.3 Å². The molecule has 1 saturated heterocycles. The van der Waals surface area contributed by atoms with E-state index in [0.29, 0.717) is 41.8 Å². The van der Waals surface area contributed by atoms with E-state index in [9.17, 15) is 13.2 Å². The van der Waals surface area contributed by atoms with Crippen LogP contribution in [0.15, 0.2) is 94.4 Å². The number of rotatable bonds is 5. The van der Waals surface area contributed by atoms with Gasteiger partial charge < -0.3 is 9.88 Å². The molecule has 5 rings (SSSR count). The zero-order valence-corrected chi connectivity index (χ0v) is 20.8. The molecule has 1 amide bonds. The van der Waals surface area contributed by atoms with Crippen LogP contribution in [0.25, 0.3) is 10.9 Å². The summed E-state index contributed by atoms with van der Waals surface area (Å²) in [7, 11) is -3.78. The van der Waals surface area contributed by atoms with Crippen LogP contribution in [-0.4, -0.2) is 55.3 Å². The molecule has 0 spiro atoms. The summed E-state index contributed by atoms with van der Waals surface area (Å²) in [6.45, 7) is 1.81. The van der Waals surface area contributed by atoms with Crippen molar-refractivity contribution in [3.05, 3.63) is 101 Å². The first-order valence-electron chi connectivity index (χ1n) is 11.1. The van der Waals surface area contributed by atoms with Gasteiger partial charge in [-0.2, -0.15) is 0 Å². The van der Waals surface area contributed by atoms with Gasteiger partial charge in [0.25, 0.3) is 5.91 Å². The van der Waals surface area contributed by atoms with Crippen LogP contribution in [0.4, 0.5) is 0 Å². The van der Waals surface area contributed by atoms with Crippen LogP contribution in [0.3, 0.4) is 0 Å². The second-order valence-electron chi connectivity index (χ2n) is 8.31. The highest BCUT2D eigenvalue weighted by Crippen LogP contribution is 2.39. The monoisotopic (exact) mass is 537 g/mol. The molecule has 0 aliphatic carbocycles. The molecule has 1 N–H and O–H groups in total. The number of carbonyl (C=O) groups excluding carboxylic acids is 1. The Bertz CT molecular complexity index is 1430. The fourth-order valence-electron chi connectivity index (χ4n) is 4.58. The highest BCUT2D eigenvalue weighted by molar-refractivity contribution is 9.10. The smallest absolute Gasteiger partial charge is 0.253 e. The summed E-state index contributed by atoms with van der Waals surface area (Å²) in [6.07, 6.45) is 1.80. The van der Waals surface area contributed by atoms with Crippen LogP contribution >= 0.6 is 15.9 Å². The van der Waals surface area contributed by atoms with Crippen LogP contribution in [-0.2, 0) is 9.84 Å². The molecule has 0 radical (unpaired) electrons. The Morgan fingerprint density at radius 1 is 0.853 bits per heavy atom. The largest absolute Gasteiger partial charge is 0.361 e. The van der Waals surface area contributed by atoms with Gasteiger partial charge in [0.15, 0.2) is 9.84 Å². The van der Waals surface area contributed by atoms with E-state index in [0.717, 1.165) is 10.9 Å². The Morgan fingerprint density at radius 2 is 1.50 bits per heavy atom. The van der Waals surface area contributed by atoms with Gasteiger partial charge in [-0.1, -0.05) is 48.5 Å². The van der Waals surface area contributed by atoms with Crippen molar-refractivity contribution in [1.82, 2.24) is 14.8 Å². The second kappa shape index (κ2) is 9.37. The zero-order valence-electron chi connectivity index (χ0n) is 18.4. The number of aromatic nitrogens is 1. The second-order valence-corrected chi connectivity index (χ2v) is 11.1. The number of piperazine rings is 1. The normalized spacial score (nSPS) is 16.0. The average Bonchev–Trinajstić information content (AvgIpc) is 3.28. The van der Waals surface area contributed by atoms with E-state index in [-0.39, 0.29) is 10.8 Å². The van der Waals surface area contributed by atoms with Gasteiger partial charge in [0.1, 0.15) is 5.37 Å². The maximum absolute atomic E-state index is 14.1. The maximum Gasteiger partial charge on any atom is 0.253 e. The van der Waals surface area contributed by atoms with Gasteiger partial charge in [-0.05, 0) is 46.3 Å². The van der Waals surface area contributed by atoms with Crippen LogP contribution < -0.4 is 0 Å². The number of sulfone groups is 1. The van der Waals surface area contributed by atoms with Gasteiger partial charge in [-0.15, -0.1) is 0 Å². The number of fused-ring (bicyclic) bond motifs is 1. The molecular formula is C26H24BrN3O3S. The molecule has 0 saturated carbocycles. The molecule has 34 heavy (non-hydrogen) atoms. The summed E-state index contributed by atoms with van der Waals surface area (Å²) in [5, 5.41) is 0.00208. The summed E-state index contributed by atoms with van der Waals surface area (Å²) >= 11 is 3.43.